The predicted octanol–water partition coefficient (Wildman–Crippen LogP) is 7.29. The van der Waals surface area contributed by atoms with Crippen molar-refractivity contribution in [2.45, 2.75) is 78.1 Å². The van der Waals surface area contributed by atoms with Crippen molar-refractivity contribution in [2.75, 3.05) is 0 Å². The molecular formula is C28H36N+. The number of aromatic nitrogens is 1. The minimum atomic E-state index is 0.148. The molecular weight excluding hydrogens is 350 g/mol. The van der Waals surface area contributed by atoms with Gasteiger partial charge in [0.05, 0.1) is 10.9 Å². The Morgan fingerprint density at radius 2 is 1.59 bits per heavy atom. The first-order valence-corrected chi connectivity index (χ1v) is 11.3. The van der Waals surface area contributed by atoms with Gasteiger partial charge in [0.15, 0.2) is 5.69 Å². The normalized spacial score (nSPS) is 15.8. The number of hydrogen-bond donors (Lipinski definition) is 0. The van der Waals surface area contributed by atoms with Crippen molar-refractivity contribution in [2.24, 2.45) is 7.05 Å². The Hall–Kier alpha value is -2.15. The monoisotopic (exact) mass is 386 g/mol. The number of fused-ring (bicyclic) bond motifs is 1. The molecule has 0 aliphatic heterocycles. The van der Waals surface area contributed by atoms with E-state index < -0.39 is 0 Å². The lowest BCUT2D eigenvalue weighted by Crippen LogP contribution is -2.35. The molecule has 1 heteroatoms. The molecule has 1 heterocycles. The summed E-state index contributed by atoms with van der Waals surface area (Å²) in [6.07, 6.45) is 6.88. The molecule has 0 unspecified atom stereocenters. The van der Waals surface area contributed by atoms with Crippen LogP contribution in [0.5, 0.6) is 0 Å². The van der Waals surface area contributed by atoms with Crippen LogP contribution in [0.1, 0.15) is 81.2 Å². The lowest BCUT2D eigenvalue weighted by Gasteiger charge is -2.23. The van der Waals surface area contributed by atoms with Crippen LogP contribution in [0.4, 0.5) is 0 Å². The molecule has 1 aliphatic carbocycles. The molecule has 1 nitrogen and oxygen atoms in total. The van der Waals surface area contributed by atoms with Crippen molar-refractivity contribution in [3.05, 3.63) is 64.8 Å². The Bertz CT molecular complexity index is 1050. The van der Waals surface area contributed by atoms with Gasteiger partial charge < -0.3 is 0 Å². The Labute approximate surface area is 176 Å². The van der Waals surface area contributed by atoms with Crippen LogP contribution in [-0.2, 0) is 12.5 Å². The molecule has 2 aromatic carbocycles. The van der Waals surface area contributed by atoms with Gasteiger partial charge in [0.25, 0.3) is 0 Å². The minimum Gasteiger partial charge on any atom is -0.198 e. The van der Waals surface area contributed by atoms with E-state index in [4.69, 9.17) is 0 Å². The van der Waals surface area contributed by atoms with Crippen molar-refractivity contribution >= 4 is 10.8 Å². The molecule has 0 bridgehead atoms. The topological polar surface area (TPSA) is 3.88 Å². The third-order valence-electron chi connectivity index (χ3n) is 6.99. The fourth-order valence-electron chi connectivity index (χ4n) is 4.95. The Morgan fingerprint density at radius 3 is 2.28 bits per heavy atom. The predicted molar refractivity (Wildman–Crippen MR) is 125 cm³/mol. The zero-order chi connectivity index (χ0) is 20.8. The van der Waals surface area contributed by atoms with E-state index in [1.165, 1.54) is 76.5 Å². The average molecular weight is 387 g/mol. The van der Waals surface area contributed by atoms with Crippen LogP contribution in [0, 0.1) is 13.8 Å². The molecule has 1 aliphatic rings. The van der Waals surface area contributed by atoms with Crippen molar-refractivity contribution in [3.8, 4) is 11.3 Å². The summed E-state index contributed by atoms with van der Waals surface area (Å²) in [5.74, 6) is 0.747. The molecule has 3 aromatic rings. The first-order chi connectivity index (χ1) is 13.8. The highest BCUT2D eigenvalue weighted by atomic mass is 14.9. The average Bonchev–Trinajstić information content (AvgIpc) is 2.69. The van der Waals surface area contributed by atoms with Crippen LogP contribution in [0.15, 0.2) is 42.5 Å². The molecule has 1 aromatic heterocycles. The van der Waals surface area contributed by atoms with E-state index in [1.54, 1.807) is 0 Å². The lowest BCUT2D eigenvalue weighted by atomic mass is 9.82. The summed E-state index contributed by atoms with van der Waals surface area (Å²) in [7, 11) is 2.21. The first-order valence-electron chi connectivity index (χ1n) is 11.3. The molecule has 0 radical (unpaired) electrons. The Balaban J connectivity index is 1.91. The number of rotatable bonds is 2. The number of hydrogen-bond acceptors (Lipinski definition) is 0. The lowest BCUT2D eigenvalue weighted by molar-refractivity contribution is -0.665. The van der Waals surface area contributed by atoms with Gasteiger partial charge in [-0.15, -0.1) is 0 Å². The van der Waals surface area contributed by atoms with Gasteiger partial charge in [-0.25, -0.2) is 0 Å². The summed E-state index contributed by atoms with van der Waals surface area (Å²) in [5.41, 5.74) is 8.45. The van der Waals surface area contributed by atoms with Crippen LogP contribution in [-0.4, -0.2) is 0 Å². The fraction of sp³-hybridized carbons (Fsp3) is 0.464. The molecule has 1 saturated carbocycles. The molecule has 0 amide bonds. The van der Waals surface area contributed by atoms with Gasteiger partial charge in [-0.3, -0.25) is 0 Å². The summed E-state index contributed by atoms with van der Waals surface area (Å²) >= 11 is 0. The molecule has 0 N–H and O–H groups in total. The van der Waals surface area contributed by atoms with E-state index in [2.05, 4.69) is 88.7 Å². The zero-order valence-electron chi connectivity index (χ0n) is 19.1. The number of benzene rings is 2. The number of pyridine rings is 1. The molecule has 152 valence electrons. The molecule has 0 saturated heterocycles. The molecule has 1 fully saturated rings. The minimum absolute atomic E-state index is 0.148. The van der Waals surface area contributed by atoms with Gasteiger partial charge in [0, 0.05) is 13.0 Å². The van der Waals surface area contributed by atoms with E-state index in [1.807, 2.05) is 0 Å². The van der Waals surface area contributed by atoms with E-state index in [9.17, 15) is 0 Å². The summed E-state index contributed by atoms with van der Waals surface area (Å²) in [6, 6.07) is 16.6. The second-order valence-corrected chi connectivity index (χ2v) is 10.2. The van der Waals surface area contributed by atoms with Crippen molar-refractivity contribution in [1.29, 1.82) is 0 Å². The summed E-state index contributed by atoms with van der Waals surface area (Å²) < 4.78 is 2.37. The van der Waals surface area contributed by atoms with Crippen molar-refractivity contribution in [3.63, 3.8) is 0 Å². The Kier molecular flexibility index (Phi) is 5.27. The highest BCUT2D eigenvalue weighted by Gasteiger charge is 2.23. The largest absolute Gasteiger partial charge is 0.220 e. The third kappa shape index (κ3) is 3.84. The standard InChI is InChI=1S/C28H36N/c1-19-12-14-24(28(3,4)5)18-26(19)27-25-15-13-22(21-10-8-7-9-11-21)17-23(25)16-20(2)29(27)6/h12-18,21H,7-11H2,1-6H3/q+1. The highest BCUT2D eigenvalue weighted by Crippen LogP contribution is 2.37. The van der Waals surface area contributed by atoms with Gasteiger partial charge in [-0.2, -0.15) is 4.57 Å². The smallest absolute Gasteiger partial charge is 0.198 e. The summed E-state index contributed by atoms with van der Waals surface area (Å²) in [4.78, 5) is 0. The van der Waals surface area contributed by atoms with Crippen molar-refractivity contribution < 1.29 is 4.57 Å². The molecule has 0 atom stereocenters. The van der Waals surface area contributed by atoms with E-state index in [0.29, 0.717) is 0 Å². The molecule has 29 heavy (non-hydrogen) atoms. The fourth-order valence-corrected chi connectivity index (χ4v) is 4.95. The van der Waals surface area contributed by atoms with Crippen LogP contribution < -0.4 is 4.57 Å². The number of nitrogens with zero attached hydrogens (tertiary/aromatic N) is 1. The Morgan fingerprint density at radius 1 is 0.862 bits per heavy atom. The maximum absolute atomic E-state index is 2.48. The van der Waals surface area contributed by atoms with E-state index in [-0.39, 0.29) is 5.41 Å². The molecule has 4 rings (SSSR count). The first kappa shape index (κ1) is 20.1. The maximum atomic E-state index is 2.48. The maximum Gasteiger partial charge on any atom is 0.220 e. The van der Waals surface area contributed by atoms with Crippen LogP contribution in [0.3, 0.4) is 0 Å². The van der Waals surface area contributed by atoms with Gasteiger partial charge in [0.1, 0.15) is 7.05 Å². The van der Waals surface area contributed by atoms with Crippen molar-refractivity contribution in [1.82, 2.24) is 0 Å². The van der Waals surface area contributed by atoms with Crippen LogP contribution in [0.2, 0.25) is 0 Å². The quantitative estimate of drug-likeness (QED) is 0.407. The highest BCUT2D eigenvalue weighted by molar-refractivity contribution is 5.94. The SMILES string of the molecule is Cc1ccc(C(C)(C)C)cc1-c1c2ccc(C3CCCCC3)cc2cc(C)[n+]1C. The molecule has 0 spiro atoms. The number of aryl methyl sites for hydroxylation is 2. The van der Waals surface area contributed by atoms with Crippen LogP contribution in [0.25, 0.3) is 22.0 Å². The second kappa shape index (κ2) is 7.59. The van der Waals surface area contributed by atoms with E-state index in [0.717, 1.165) is 5.92 Å². The third-order valence-corrected chi connectivity index (χ3v) is 6.99. The summed E-state index contributed by atoms with van der Waals surface area (Å²) in [5, 5.41) is 2.76. The zero-order valence-corrected chi connectivity index (χ0v) is 19.1. The summed E-state index contributed by atoms with van der Waals surface area (Å²) in [6.45, 7) is 11.4. The van der Waals surface area contributed by atoms with Gasteiger partial charge >= 0.3 is 0 Å². The second-order valence-electron chi connectivity index (χ2n) is 10.2. The van der Waals surface area contributed by atoms with E-state index >= 15 is 0 Å². The van der Waals surface area contributed by atoms with Crippen LogP contribution >= 0.6 is 0 Å². The van der Waals surface area contributed by atoms with Gasteiger partial charge in [0.2, 0.25) is 5.69 Å². The van der Waals surface area contributed by atoms with Gasteiger partial charge in [-0.05, 0) is 65.3 Å². The van der Waals surface area contributed by atoms with Gasteiger partial charge in [-0.1, -0.05) is 64.3 Å².